The molecule has 34 heavy (non-hydrogen) atoms. The van der Waals surface area contributed by atoms with Gasteiger partial charge in [-0.3, -0.25) is 24.1 Å². The fourth-order valence-electron chi connectivity index (χ4n) is 3.33. The van der Waals surface area contributed by atoms with Gasteiger partial charge >= 0.3 is 5.97 Å². The molecule has 1 aliphatic heterocycles. The zero-order valence-electron chi connectivity index (χ0n) is 19.0. The van der Waals surface area contributed by atoms with Gasteiger partial charge in [0.25, 0.3) is 17.7 Å². The maximum atomic E-state index is 12.4. The Hall–Kier alpha value is -4.45. The van der Waals surface area contributed by atoms with Crippen molar-refractivity contribution >= 4 is 29.8 Å². The molecule has 2 aromatic rings. The second-order valence-electron chi connectivity index (χ2n) is 7.74. The number of fused-ring (bicyclic) bond motifs is 1. The van der Waals surface area contributed by atoms with Gasteiger partial charge in [0.15, 0.2) is 11.5 Å². The summed E-state index contributed by atoms with van der Waals surface area (Å²) in [5, 5.41) is 11.9. The Bertz CT molecular complexity index is 1190. The molecule has 1 N–H and O–H groups in total. The maximum Gasteiger partial charge on any atom is 0.313 e. The fourth-order valence-corrected chi connectivity index (χ4v) is 3.33. The molecule has 3 amide bonds. The molecule has 0 fully saturated rings. The van der Waals surface area contributed by atoms with Crippen LogP contribution in [0.3, 0.4) is 0 Å². The highest BCUT2D eigenvalue weighted by molar-refractivity contribution is 6.21. The van der Waals surface area contributed by atoms with E-state index in [1.165, 1.54) is 25.3 Å². The number of nitrogens with zero attached hydrogens (tertiary/aromatic N) is 2. The van der Waals surface area contributed by atoms with Gasteiger partial charge in [-0.2, -0.15) is 5.26 Å². The van der Waals surface area contributed by atoms with Gasteiger partial charge in [-0.15, -0.1) is 0 Å². The van der Waals surface area contributed by atoms with E-state index in [1.807, 2.05) is 6.07 Å². The van der Waals surface area contributed by atoms with Crippen LogP contribution in [0.15, 0.2) is 48.0 Å². The standard InChI is InChI=1S/C25H23N3O6/c1-15(2)27-23(30)17(14-26)12-16-8-9-20(21(13-16)33-3)34-22(29)10-11-28-24(31)18-6-4-5-7-19(18)25(28)32/h4-9,12-13,15H,10-11H2,1-3H3,(H,27,30)/b17-12+. The highest BCUT2D eigenvalue weighted by Gasteiger charge is 2.35. The molecule has 0 radical (unpaired) electrons. The van der Waals surface area contributed by atoms with Gasteiger partial charge in [0, 0.05) is 12.6 Å². The first-order valence-corrected chi connectivity index (χ1v) is 10.5. The van der Waals surface area contributed by atoms with Gasteiger partial charge in [-0.1, -0.05) is 18.2 Å². The van der Waals surface area contributed by atoms with Crippen LogP contribution in [0.5, 0.6) is 11.5 Å². The number of nitrogens with one attached hydrogen (secondary N) is 1. The molecule has 0 saturated heterocycles. The van der Waals surface area contributed by atoms with Gasteiger partial charge in [-0.25, -0.2) is 0 Å². The molecule has 174 valence electrons. The Labute approximate surface area is 196 Å². The summed E-state index contributed by atoms with van der Waals surface area (Å²) in [4.78, 5) is 50.3. The lowest BCUT2D eigenvalue weighted by Crippen LogP contribution is -2.32. The minimum absolute atomic E-state index is 0.0820. The van der Waals surface area contributed by atoms with Crippen molar-refractivity contribution in [2.75, 3.05) is 13.7 Å². The number of nitriles is 1. The molecule has 0 bridgehead atoms. The van der Waals surface area contributed by atoms with E-state index in [4.69, 9.17) is 9.47 Å². The quantitative estimate of drug-likeness (QED) is 0.211. The second-order valence-corrected chi connectivity index (χ2v) is 7.74. The van der Waals surface area contributed by atoms with Crippen LogP contribution >= 0.6 is 0 Å². The van der Waals surface area contributed by atoms with Gasteiger partial charge in [0.2, 0.25) is 0 Å². The predicted molar refractivity (Wildman–Crippen MR) is 122 cm³/mol. The summed E-state index contributed by atoms with van der Waals surface area (Å²) < 4.78 is 10.6. The first-order valence-electron chi connectivity index (χ1n) is 10.5. The fraction of sp³-hybridized carbons (Fsp3) is 0.240. The molecule has 1 heterocycles. The van der Waals surface area contributed by atoms with Crippen LogP contribution in [0.1, 0.15) is 46.5 Å². The summed E-state index contributed by atoms with van der Waals surface area (Å²) in [5.41, 5.74) is 1.04. The molecule has 0 aromatic heterocycles. The van der Waals surface area contributed by atoms with E-state index in [-0.39, 0.29) is 36.1 Å². The highest BCUT2D eigenvalue weighted by atomic mass is 16.6. The van der Waals surface area contributed by atoms with Crippen LogP contribution < -0.4 is 14.8 Å². The van der Waals surface area contributed by atoms with Crippen LogP contribution in [0.2, 0.25) is 0 Å². The van der Waals surface area contributed by atoms with Gasteiger partial charge in [0.05, 0.1) is 24.7 Å². The molecule has 0 unspecified atom stereocenters. The van der Waals surface area contributed by atoms with Crippen molar-refractivity contribution in [2.45, 2.75) is 26.3 Å². The predicted octanol–water partition coefficient (Wildman–Crippen LogP) is 2.72. The number of carbonyl (C=O) groups excluding carboxylic acids is 4. The van der Waals surface area contributed by atoms with E-state index in [0.29, 0.717) is 16.7 Å². The number of esters is 1. The lowest BCUT2D eigenvalue weighted by Gasteiger charge is -2.14. The van der Waals surface area contributed by atoms with Crippen molar-refractivity contribution < 1.29 is 28.7 Å². The van der Waals surface area contributed by atoms with E-state index in [2.05, 4.69) is 5.32 Å². The second kappa shape index (κ2) is 10.4. The lowest BCUT2D eigenvalue weighted by atomic mass is 10.1. The molecule has 9 heteroatoms. The molecule has 0 spiro atoms. The van der Waals surface area contributed by atoms with E-state index in [0.717, 1.165) is 4.90 Å². The largest absolute Gasteiger partial charge is 0.493 e. The topological polar surface area (TPSA) is 126 Å². The van der Waals surface area contributed by atoms with Gasteiger partial charge in [-0.05, 0) is 49.8 Å². The average molecular weight is 461 g/mol. The molecular weight excluding hydrogens is 438 g/mol. The third-order valence-corrected chi connectivity index (χ3v) is 4.93. The summed E-state index contributed by atoms with van der Waals surface area (Å²) in [6.45, 7) is 3.45. The summed E-state index contributed by atoms with van der Waals surface area (Å²) in [7, 11) is 1.38. The summed E-state index contributed by atoms with van der Waals surface area (Å²) in [5.74, 6) is -1.72. The van der Waals surface area contributed by atoms with Crippen molar-refractivity contribution in [3.8, 4) is 17.6 Å². The molecule has 9 nitrogen and oxygen atoms in total. The van der Waals surface area contributed by atoms with E-state index < -0.39 is 23.7 Å². The Morgan fingerprint density at radius 2 is 1.74 bits per heavy atom. The van der Waals surface area contributed by atoms with Gasteiger partial charge < -0.3 is 14.8 Å². The normalized spacial score (nSPS) is 12.9. The molecule has 0 atom stereocenters. The number of carbonyl (C=O) groups is 4. The minimum Gasteiger partial charge on any atom is -0.493 e. The van der Waals surface area contributed by atoms with E-state index >= 15 is 0 Å². The molecule has 3 rings (SSSR count). The number of hydrogen-bond acceptors (Lipinski definition) is 7. The monoisotopic (exact) mass is 461 g/mol. The number of ether oxygens (including phenoxy) is 2. The van der Waals surface area contributed by atoms with Crippen LogP contribution in [0.25, 0.3) is 6.08 Å². The van der Waals surface area contributed by atoms with Gasteiger partial charge in [0.1, 0.15) is 11.6 Å². The average Bonchev–Trinajstić information content (AvgIpc) is 3.06. The smallest absolute Gasteiger partial charge is 0.313 e. The van der Waals surface area contributed by atoms with Crippen LogP contribution in [0.4, 0.5) is 0 Å². The molecule has 1 aliphatic rings. The Kier molecular flexibility index (Phi) is 7.43. The van der Waals surface area contributed by atoms with Crippen molar-refractivity contribution in [1.29, 1.82) is 5.26 Å². The van der Waals surface area contributed by atoms with E-state index in [9.17, 15) is 24.4 Å². The van der Waals surface area contributed by atoms with E-state index in [1.54, 1.807) is 44.2 Å². The number of methoxy groups -OCH3 is 1. The third-order valence-electron chi connectivity index (χ3n) is 4.93. The SMILES string of the molecule is COc1cc(/C=C(\C#N)C(=O)NC(C)C)ccc1OC(=O)CCN1C(=O)c2ccccc2C1=O. The highest BCUT2D eigenvalue weighted by Crippen LogP contribution is 2.29. The number of amides is 3. The van der Waals surface area contributed by atoms with Crippen LogP contribution in [0, 0.1) is 11.3 Å². The maximum absolute atomic E-state index is 12.4. The molecule has 0 saturated carbocycles. The molecule has 2 aromatic carbocycles. The zero-order chi connectivity index (χ0) is 24.8. The Morgan fingerprint density at radius 3 is 2.29 bits per heavy atom. The van der Waals surface area contributed by atoms with Crippen molar-refractivity contribution in [2.24, 2.45) is 0 Å². The van der Waals surface area contributed by atoms with Crippen molar-refractivity contribution in [3.63, 3.8) is 0 Å². The number of rotatable bonds is 8. The first-order chi connectivity index (χ1) is 16.2. The number of benzene rings is 2. The Morgan fingerprint density at radius 1 is 1.09 bits per heavy atom. The summed E-state index contributed by atoms with van der Waals surface area (Å²) in [6, 6.07) is 12.8. The Balaban J connectivity index is 1.67. The van der Waals surface area contributed by atoms with Crippen molar-refractivity contribution in [1.82, 2.24) is 10.2 Å². The lowest BCUT2D eigenvalue weighted by molar-refractivity contribution is -0.134. The summed E-state index contributed by atoms with van der Waals surface area (Å²) >= 11 is 0. The minimum atomic E-state index is -0.660. The summed E-state index contributed by atoms with van der Waals surface area (Å²) in [6.07, 6.45) is 1.19. The molecular formula is C25H23N3O6. The zero-order valence-corrected chi connectivity index (χ0v) is 19.0. The van der Waals surface area contributed by atoms with Crippen LogP contribution in [-0.4, -0.2) is 48.3 Å². The van der Waals surface area contributed by atoms with Crippen LogP contribution in [-0.2, 0) is 9.59 Å². The number of hydrogen-bond donors (Lipinski definition) is 1. The number of imide groups is 1. The first kappa shape index (κ1) is 24.2. The third kappa shape index (κ3) is 5.30. The van der Waals surface area contributed by atoms with Crippen molar-refractivity contribution in [3.05, 3.63) is 64.7 Å². The molecule has 0 aliphatic carbocycles.